The highest BCUT2D eigenvalue weighted by Crippen LogP contribution is 2.14. The van der Waals surface area contributed by atoms with Gasteiger partial charge in [0.05, 0.1) is 10.1 Å². The quantitative estimate of drug-likeness (QED) is 0.736. The lowest BCUT2D eigenvalue weighted by atomic mass is 10.2. The maximum Gasteiger partial charge on any atom is 0.236 e. The Balaban J connectivity index is 4.08. The van der Waals surface area contributed by atoms with Crippen molar-refractivity contribution in [2.75, 3.05) is 26.4 Å². The van der Waals surface area contributed by atoms with Crippen molar-refractivity contribution in [3.8, 4) is 0 Å². The van der Waals surface area contributed by atoms with Crippen LogP contribution in [0, 0.1) is 0 Å². The Morgan fingerprint density at radius 3 is 2.20 bits per heavy atom. The Kier molecular flexibility index (Phi) is 5.22. The molecule has 1 amide bonds. The van der Waals surface area contributed by atoms with Crippen LogP contribution >= 0.6 is 15.9 Å². The Labute approximate surface area is 99.4 Å². The summed E-state index contributed by atoms with van der Waals surface area (Å²) < 4.78 is 23.1. The predicted octanol–water partition coefficient (Wildman–Crippen LogP) is 0.167. The van der Waals surface area contributed by atoms with E-state index < -0.39 is 14.3 Å². The predicted molar refractivity (Wildman–Crippen MR) is 63.5 cm³/mol. The first-order valence-corrected chi connectivity index (χ1v) is 6.85. The molecular weight excluding hydrogens is 284 g/mol. The minimum atomic E-state index is -3.24. The summed E-state index contributed by atoms with van der Waals surface area (Å²) in [5.41, 5.74) is 0. The van der Waals surface area contributed by atoms with E-state index in [1.165, 1.54) is 14.1 Å². The molecular formula is C8H17BrN2O3S. The molecule has 5 nitrogen and oxygen atoms in total. The molecule has 0 unspecified atom stereocenters. The maximum atomic E-state index is 11.4. The van der Waals surface area contributed by atoms with E-state index in [2.05, 4.69) is 21.2 Å². The molecule has 90 valence electrons. The molecule has 0 radical (unpaired) electrons. The Hall–Kier alpha value is -0.140. The first-order chi connectivity index (χ1) is 6.57. The minimum absolute atomic E-state index is 0.0885. The van der Waals surface area contributed by atoms with Gasteiger partial charge in [0.15, 0.2) is 0 Å². The molecule has 15 heavy (non-hydrogen) atoms. The fraction of sp³-hybridized carbons (Fsp3) is 0.875. The van der Waals surface area contributed by atoms with Crippen molar-refractivity contribution < 1.29 is 13.2 Å². The molecule has 0 rings (SSSR count). The summed E-state index contributed by atoms with van der Waals surface area (Å²) in [5, 5.41) is 2.54. The van der Waals surface area contributed by atoms with Gasteiger partial charge in [-0.05, 0) is 13.8 Å². The molecule has 0 fully saturated rings. The number of carbonyl (C=O) groups is 1. The van der Waals surface area contributed by atoms with E-state index in [1.807, 2.05) is 0 Å². The van der Waals surface area contributed by atoms with Crippen LogP contribution in [0.2, 0.25) is 0 Å². The van der Waals surface area contributed by atoms with E-state index in [0.29, 0.717) is 0 Å². The molecule has 0 aromatic carbocycles. The van der Waals surface area contributed by atoms with Crippen molar-refractivity contribution in [3.05, 3.63) is 0 Å². The number of hydrogen-bond donors (Lipinski definition) is 1. The van der Waals surface area contributed by atoms with Gasteiger partial charge in [-0.2, -0.15) is 0 Å². The molecule has 0 atom stereocenters. The average Bonchev–Trinajstić information content (AvgIpc) is 2.01. The van der Waals surface area contributed by atoms with Gasteiger partial charge in [-0.25, -0.2) is 12.7 Å². The van der Waals surface area contributed by atoms with Crippen LogP contribution in [0.1, 0.15) is 13.8 Å². The van der Waals surface area contributed by atoms with Gasteiger partial charge in [0.25, 0.3) is 0 Å². The van der Waals surface area contributed by atoms with Crippen molar-refractivity contribution in [1.29, 1.82) is 0 Å². The number of hydrogen-bond acceptors (Lipinski definition) is 3. The zero-order valence-corrected chi connectivity index (χ0v) is 11.8. The second-order valence-corrected chi connectivity index (χ2v) is 8.11. The second kappa shape index (κ2) is 5.27. The first kappa shape index (κ1) is 14.9. The number of alkyl halides is 1. The highest BCUT2D eigenvalue weighted by Gasteiger charge is 2.23. The third kappa shape index (κ3) is 5.48. The van der Waals surface area contributed by atoms with Gasteiger partial charge < -0.3 is 5.32 Å². The number of carbonyl (C=O) groups excluding carboxylic acids is 1. The molecule has 7 heteroatoms. The molecule has 1 N–H and O–H groups in total. The monoisotopic (exact) mass is 300 g/mol. The van der Waals surface area contributed by atoms with E-state index in [9.17, 15) is 13.2 Å². The fourth-order valence-corrected chi connectivity index (χ4v) is 1.55. The summed E-state index contributed by atoms with van der Waals surface area (Å²) in [7, 11) is -0.308. The topological polar surface area (TPSA) is 66.5 Å². The number of nitrogens with zero attached hydrogens (tertiary/aromatic N) is 1. The zero-order chi connectivity index (χ0) is 12.3. The molecule has 0 saturated heterocycles. The SMILES string of the molecule is CN(C)S(=O)(=O)CCNC(=O)C(C)(C)Br. The van der Waals surface area contributed by atoms with E-state index in [-0.39, 0.29) is 18.2 Å². The van der Waals surface area contributed by atoms with Crippen molar-refractivity contribution in [1.82, 2.24) is 9.62 Å². The van der Waals surface area contributed by atoms with Crippen LogP contribution in [-0.2, 0) is 14.8 Å². The summed E-state index contributed by atoms with van der Waals surface area (Å²) in [6, 6.07) is 0. The lowest BCUT2D eigenvalue weighted by Crippen LogP contribution is -2.41. The molecule has 0 aliphatic rings. The number of rotatable bonds is 5. The average molecular weight is 301 g/mol. The van der Waals surface area contributed by atoms with E-state index >= 15 is 0 Å². The third-order valence-corrected chi connectivity index (χ3v) is 3.93. The van der Waals surface area contributed by atoms with Gasteiger partial charge in [0.1, 0.15) is 0 Å². The fourth-order valence-electron chi connectivity index (χ4n) is 0.686. The van der Waals surface area contributed by atoms with Crippen LogP contribution < -0.4 is 5.32 Å². The van der Waals surface area contributed by atoms with Gasteiger partial charge >= 0.3 is 0 Å². The molecule has 0 aliphatic heterocycles. The van der Waals surface area contributed by atoms with Crippen LogP contribution in [0.4, 0.5) is 0 Å². The summed E-state index contributed by atoms with van der Waals surface area (Å²) in [6.45, 7) is 3.51. The van der Waals surface area contributed by atoms with E-state index in [4.69, 9.17) is 0 Å². The second-order valence-electron chi connectivity index (χ2n) is 3.83. The smallest absolute Gasteiger partial charge is 0.236 e. The lowest BCUT2D eigenvalue weighted by Gasteiger charge is -2.16. The third-order valence-electron chi connectivity index (χ3n) is 1.74. The van der Waals surface area contributed by atoms with Crippen LogP contribution in [-0.4, -0.2) is 49.3 Å². The minimum Gasteiger partial charge on any atom is -0.354 e. The standard InChI is InChI=1S/C8H17BrN2O3S/c1-8(2,9)7(12)10-5-6-15(13,14)11(3)4/h5-6H2,1-4H3,(H,10,12). The summed E-state index contributed by atoms with van der Waals surface area (Å²) in [4.78, 5) is 11.4. The van der Waals surface area contributed by atoms with Gasteiger partial charge in [0, 0.05) is 20.6 Å². The van der Waals surface area contributed by atoms with Crippen molar-refractivity contribution in [3.63, 3.8) is 0 Å². The van der Waals surface area contributed by atoms with Crippen LogP contribution in [0.15, 0.2) is 0 Å². The number of sulfonamides is 1. The van der Waals surface area contributed by atoms with Gasteiger partial charge in [-0.1, -0.05) is 15.9 Å². The van der Waals surface area contributed by atoms with Crippen LogP contribution in [0.3, 0.4) is 0 Å². The van der Waals surface area contributed by atoms with Crippen molar-refractivity contribution in [2.45, 2.75) is 18.2 Å². The summed E-state index contributed by atoms with van der Waals surface area (Å²) in [6.07, 6.45) is 0. The molecule has 0 heterocycles. The molecule has 0 bridgehead atoms. The number of nitrogens with one attached hydrogen (secondary N) is 1. The first-order valence-electron chi connectivity index (χ1n) is 4.45. The van der Waals surface area contributed by atoms with Crippen molar-refractivity contribution in [2.24, 2.45) is 0 Å². The molecule has 0 aromatic rings. The Morgan fingerprint density at radius 1 is 1.40 bits per heavy atom. The summed E-state index contributed by atoms with van der Waals surface area (Å²) in [5.74, 6) is -0.314. The van der Waals surface area contributed by atoms with Gasteiger partial charge in [-0.3, -0.25) is 4.79 Å². The van der Waals surface area contributed by atoms with Crippen LogP contribution in [0.5, 0.6) is 0 Å². The highest BCUT2D eigenvalue weighted by atomic mass is 79.9. The summed E-state index contributed by atoms with van der Waals surface area (Å²) >= 11 is 3.18. The number of amides is 1. The van der Waals surface area contributed by atoms with E-state index in [0.717, 1.165) is 4.31 Å². The van der Waals surface area contributed by atoms with E-state index in [1.54, 1.807) is 13.8 Å². The normalized spacial score (nSPS) is 12.9. The Bertz CT molecular complexity index is 319. The number of halogens is 1. The Morgan fingerprint density at radius 2 is 1.87 bits per heavy atom. The van der Waals surface area contributed by atoms with Crippen molar-refractivity contribution >= 4 is 31.9 Å². The largest absolute Gasteiger partial charge is 0.354 e. The lowest BCUT2D eigenvalue weighted by molar-refractivity contribution is -0.122. The highest BCUT2D eigenvalue weighted by molar-refractivity contribution is 9.10. The van der Waals surface area contributed by atoms with Gasteiger partial charge in [0.2, 0.25) is 15.9 Å². The zero-order valence-electron chi connectivity index (χ0n) is 9.37. The molecule has 0 aromatic heterocycles. The van der Waals surface area contributed by atoms with Gasteiger partial charge in [-0.15, -0.1) is 0 Å². The molecule has 0 saturated carbocycles. The molecule has 0 aliphatic carbocycles. The van der Waals surface area contributed by atoms with Crippen LogP contribution in [0.25, 0.3) is 0 Å². The maximum absolute atomic E-state index is 11.4. The molecule has 0 spiro atoms.